The molecule has 136 valence electrons. The van der Waals surface area contributed by atoms with Crippen LogP contribution >= 0.6 is 12.2 Å². The largest absolute Gasteiger partial charge is 0.358 e. The maximum Gasteiger partial charge on any atom is 0.295 e. The van der Waals surface area contributed by atoms with Crippen molar-refractivity contribution in [3.63, 3.8) is 0 Å². The van der Waals surface area contributed by atoms with E-state index in [2.05, 4.69) is 16.2 Å². The molecule has 2 fully saturated rings. The lowest BCUT2D eigenvalue weighted by atomic mass is 9.96. The minimum atomic E-state index is -4.02. The van der Waals surface area contributed by atoms with Crippen LogP contribution in [0, 0.1) is 22.0 Å². The molecular formula is C14H19N5O4S2. The van der Waals surface area contributed by atoms with Crippen LogP contribution < -0.4 is 21.3 Å². The molecular weight excluding hydrogens is 366 g/mol. The molecule has 0 saturated heterocycles. The number of fused-ring (bicyclic) bond motifs is 2. The summed E-state index contributed by atoms with van der Waals surface area (Å²) in [6.45, 7) is 0. The van der Waals surface area contributed by atoms with Crippen LogP contribution in [-0.2, 0) is 10.0 Å². The summed E-state index contributed by atoms with van der Waals surface area (Å²) < 4.78 is 22.7. The van der Waals surface area contributed by atoms with Crippen LogP contribution in [0.1, 0.15) is 25.7 Å². The summed E-state index contributed by atoms with van der Waals surface area (Å²) in [5, 5.41) is 19.8. The zero-order valence-electron chi connectivity index (χ0n) is 13.3. The number of rotatable bonds is 5. The first-order chi connectivity index (χ1) is 11.7. The molecule has 3 atom stereocenters. The minimum absolute atomic E-state index is 0.0921. The van der Waals surface area contributed by atoms with Gasteiger partial charge in [0.15, 0.2) is 5.11 Å². The highest BCUT2D eigenvalue weighted by Gasteiger charge is 2.39. The molecule has 1 aromatic rings. The first-order valence-electron chi connectivity index (χ1n) is 7.88. The highest BCUT2D eigenvalue weighted by atomic mass is 32.2. The Labute approximate surface area is 150 Å². The van der Waals surface area contributed by atoms with Gasteiger partial charge < -0.3 is 5.32 Å². The summed E-state index contributed by atoms with van der Waals surface area (Å²) in [6, 6.07) is 3.70. The average molecular weight is 385 g/mol. The summed E-state index contributed by atoms with van der Waals surface area (Å²) in [4.78, 5) is 10.1. The number of hydrogen-bond donors (Lipinski definition) is 4. The third-order valence-electron chi connectivity index (χ3n) is 4.86. The van der Waals surface area contributed by atoms with Crippen molar-refractivity contribution in [1.82, 2.24) is 10.7 Å². The van der Waals surface area contributed by atoms with Crippen molar-refractivity contribution in [3.8, 4) is 0 Å². The number of sulfonamides is 1. The molecule has 0 heterocycles. The topological polar surface area (TPSA) is 139 Å². The normalized spacial score (nSPS) is 24.8. The van der Waals surface area contributed by atoms with Gasteiger partial charge in [-0.3, -0.25) is 21.0 Å². The van der Waals surface area contributed by atoms with Gasteiger partial charge >= 0.3 is 0 Å². The van der Waals surface area contributed by atoms with E-state index in [4.69, 9.17) is 17.4 Å². The molecule has 0 aromatic heterocycles. The van der Waals surface area contributed by atoms with Gasteiger partial charge in [-0.2, -0.15) is 0 Å². The fourth-order valence-electron chi connectivity index (χ4n) is 3.70. The zero-order valence-corrected chi connectivity index (χ0v) is 14.9. The van der Waals surface area contributed by atoms with Gasteiger partial charge in [-0.25, -0.2) is 13.6 Å². The number of benzene rings is 1. The van der Waals surface area contributed by atoms with Crippen LogP contribution in [-0.4, -0.2) is 24.5 Å². The lowest BCUT2D eigenvalue weighted by molar-refractivity contribution is -0.384. The molecule has 0 amide bonds. The number of nitro benzene ring substituents is 1. The number of nitro groups is 1. The molecule has 25 heavy (non-hydrogen) atoms. The second-order valence-electron chi connectivity index (χ2n) is 6.49. The Balaban J connectivity index is 1.64. The number of nitrogens with two attached hydrogens (primary N) is 1. The van der Waals surface area contributed by atoms with E-state index in [9.17, 15) is 18.5 Å². The molecule has 2 bridgehead atoms. The monoisotopic (exact) mass is 385 g/mol. The molecule has 5 N–H and O–H groups in total. The standard InChI is InChI=1S/C14H19N5O4S2/c15-25(22,23)10-3-4-11(13(7-10)19(20)21)17-18-14(24)16-12-6-8-1-2-9(12)5-8/h3-4,7-9,12,17H,1-2,5-6H2,(H2,15,22,23)(H2,16,18,24)/t8-,9+,12+/m0/s1. The molecule has 0 aliphatic heterocycles. The molecule has 11 heteroatoms. The van der Waals surface area contributed by atoms with Crippen molar-refractivity contribution in [2.75, 3.05) is 5.43 Å². The van der Waals surface area contributed by atoms with E-state index in [0.717, 1.165) is 18.4 Å². The Kier molecular flexibility index (Phi) is 4.80. The molecule has 1 aromatic carbocycles. The lowest BCUT2D eigenvalue weighted by Crippen LogP contribution is -2.46. The summed E-state index contributed by atoms with van der Waals surface area (Å²) in [5.41, 5.74) is 5.06. The van der Waals surface area contributed by atoms with Crippen LogP contribution in [0.5, 0.6) is 0 Å². The lowest BCUT2D eigenvalue weighted by Gasteiger charge is -2.24. The van der Waals surface area contributed by atoms with Crippen molar-refractivity contribution in [1.29, 1.82) is 0 Å². The molecule has 2 saturated carbocycles. The van der Waals surface area contributed by atoms with Gasteiger partial charge in [-0.1, -0.05) is 6.42 Å². The minimum Gasteiger partial charge on any atom is -0.358 e. The predicted molar refractivity (Wildman–Crippen MR) is 96.2 cm³/mol. The van der Waals surface area contributed by atoms with E-state index >= 15 is 0 Å². The van der Waals surface area contributed by atoms with E-state index in [1.165, 1.54) is 31.4 Å². The average Bonchev–Trinajstić information content (AvgIpc) is 3.14. The summed E-state index contributed by atoms with van der Waals surface area (Å²) in [7, 11) is -4.02. The second-order valence-corrected chi connectivity index (χ2v) is 8.46. The number of primary sulfonamides is 1. The van der Waals surface area contributed by atoms with Crippen molar-refractivity contribution in [3.05, 3.63) is 28.3 Å². The molecule has 0 unspecified atom stereocenters. The fourth-order valence-corrected chi connectivity index (χ4v) is 4.43. The van der Waals surface area contributed by atoms with Crippen LogP contribution in [0.15, 0.2) is 23.1 Å². The van der Waals surface area contributed by atoms with Crippen LogP contribution in [0.4, 0.5) is 11.4 Å². The van der Waals surface area contributed by atoms with Crippen LogP contribution in [0.3, 0.4) is 0 Å². The van der Waals surface area contributed by atoms with E-state index in [0.29, 0.717) is 17.1 Å². The number of hydrogen-bond acceptors (Lipinski definition) is 6. The Morgan fingerprint density at radius 2 is 2.08 bits per heavy atom. The molecule has 2 aliphatic rings. The SMILES string of the molecule is NS(=O)(=O)c1ccc(NNC(=S)N[C@@H]2C[C@H]3CC[C@@H]2C3)c([N+](=O)[O-])c1. The first kappa shape index (κ1) is 17.8. The number of nitrogens with one attached hydrogen (secondary N) is 3. The third-order valence-corrected chi connectivity index (χ3v) is 5.99. The molecule has 0 radical (unpaired) electrons. The van der Waals surface area contributed by atoms with Crippen LogP contribution in [0.2, 0.25) is 0 Å². The van der Waals surface area contributed by atoms with Gasteiger partial charge in [0, 0.05) is 12.1 Å². The maximum absolute atomic E-state index is 11.3. The summed E-state index contributed by atoms with van der Waals surface area (Å²) in [5.74, 6) is 1.40. The number of anilines is 1. The van der Waals surface area contributed by atoms with E-state index in [1.54, 1.807) is 0 Å². The van der Waals surface area contributed by atoms with Gasteiger partial charge in [0.25, 0.3) is 5.69 Å². The van der Waals surface area contributed by atoms with E-state index < -0.39 is 20.6 Å². The van der Waals surface area contributed by atoms with Gasteiger partial charge in [-0.15, -0.1) is 0 Å². The van der Waals surface area contributed by atoms with Gasteiger partial charge in [-0.05, 0) is 55.4 Å². The molecule has 0 spiro atoms. The first-order valence-corrected chi connectivity index (χ1v) is 9.83. The molecule has 3 rings (SSSR count). The summed E-state index contributed by atoms with van der Waals surface area (Å²) in [6.07, 6.45) is 4.81. The Morgan fingerprint density at radius 1 is 1.32 bits per heavy atom. The quantitative estimate of drug-likeness (QED) is 0.337. The number of thiocarbonyl (C=S) groups is 1. The van der Waals surface area contributed by atoms with Gasteiger partial charge in [0.2, 0.25) is 10.0 Å². The zero-order chi connectivity index (χ0) is 18.2. The van der Waals surface area contributed by atoms with Crippen molar-refractivity contribution in [2.45, 2.75) is 36.6 Å². The number of hydrazine groups is 1. The summed E-state index contributed by atoms with van der Waals surface area (Å²) >= 11 is 5.23. The third kappa shape index (κ3) is 3.99. The van der Waals surface area contributed by atoms with E-state index in [1.807, 2.05) is 0 Å². The molecule has 2 aliphatic carbocycles. The van der Waals surface area contributed by atoms with Crippen molar-refractivity contribution in [2.24, 2.45) is 17.0 Å². The van der Waals surface area contributed by atoms with Gasteiger partial charge in [0.1, 0.15) is 5.69 Å². The molecule has 9 nitrogen and oxygen atoms in total. The highest BCUT2D eigenvalue weighted by molar-refractivity contribution is 7.89. The fraction of sp³-hybridized carbons (Fsp3) is 0.500. The smallest absolute Gasteiger partial charge is 0.295 e. The van der Waals surface area contributed by atoms with Crippen molar-refractivity contribution < 1.29 is 13.3 Å². The Morgan fingerprint density at radius 3 is 2.64 bits per heavy atom. The highest BCUT2D eigenvalue weighted by Crippen LogP contribution is 2.44. The predicted octanol–water partition coefficient (Wildman–Crippen LogP) is 1.22. The van der Waals surface area contributed by atoms with Crippen LogP contribution in [0.25, 0.3) is 0 Å². The second kappa shape index (κ2) is 6.73. The maximum atomic E-state index is 11.3. The number of nitrogens with zero attached hydrogens (tertiary/aromatic N) is 1. The Bertz CT molecular complexity index is 813. The van der Waals surface area contributed by atoms with E-state index in [-0.39, 0.29) is 10.6 Å². The van der Waals surface area contributed by atoms with Gasteiger partial charge in [0.05, 0.1) is 9.82 Å². The Hall–Kier alpha value is -1.98. The van der Waals surface area contributed by atoms with Crippen molar-refractivity contribution >= 4 is 38.7 Å².